The fourth-order valence-corrected chi connectivity index (χ4v) is 3.76. The topological polar surface area (TPSA) is 18.5 Å². The van der Waals surface area contributed by atoms with Crippen LogP contribution in [0.1, 0.15) is 65.2 Å². The molecule has 2 heterocycles. The van der Waals surface area contributed by atoms with Gasteiger partial charge in [0.15, 0.2) is 5.79 Å². The SMILES string of the molecule is CCC[C@H]1CCCOC12OCCC[C@@H]2CCC. The first-order chi connectivity index (χ1) is 8.33. The predicted molar refractivity (Wildman–Crippen MR) is 69.9 cm³/mol. The lowest BCUT2D eigenvalue weighted by Crippen LogP contribution is -2.54. The van der Waals surface area contributed by atoms with Crippen molar-refractivity contribution in [1.29, 1.82) is 0 Å². The van der Waals surface area contributed by atoms with Crippen LogP contribution < -0.4 is 0 Å². The van der Waals surface area contributed by atoms with Crippen molar-refractivity contribution in [3.8, 4) is 0 Å². The van der Waals surface area contributed by atoms with Gasteiger partial charge in [-0.3, -0.25) is 0 Å². The van der Waals surface area contributed by atoms with Crippen molar-refractivity contribution in [2.75, 3.05) is 13.2 Å². The number of rotatable bonds is 4. The van der Waals surface area contributed by atoms with Crippen LogP contribution in [0.25, 0.3) is 0 Å². The maximum atomic E-state index is 6.21. The Morgan fingerprint density at radius 1 is 0.882 bits per heavy atom. The van der Waals surface area contributed by atoms with E-state index in [0.717, 1.165) is 13.2 Å². The predicted octanol–water partition coefficient (Wildman–Crippen LogP) is 4.14. The molecule has 2 fully saturated rings. The van der Waals surface area contributed by atoms with Crippen LogP contribution in [-0.4, -0.2) is 19.0 Å². The Bertz CT molecular complexity index is 199. The quantitative estimate of drug-likeness (QED) is 0.735. The van der Waals surface area contributed by atoms with Crippen molar-refractivity contribution in [3.63, 3.8) is 0 Å². The maximum Gasteiger partial charge on any atom is 0.173 e. The first kappa shape index (κ1) is 13.4. The standard InChI is InChI=1S/C15H28O2/c1-3-7-13-9-5-11-16-15(13)14(8-4-2)10-6-12-17-15/h13-14H,3-12H2,1-2H3/t13-,14-,15?/m0/s1. The number of hydrogen-bond donors (Lipinski definition) is 0. The molecule has 0 aromatic rings. The van der Waals surface area contributed by atoms with E-state index in [2.05, 4.69) is 13.8 Å². The Labute approximate surface area is 106 Å². The van der Waals surface area contributed by atoms with Gasteiger partial charge in [-0.05, 0) is 38.5 Å². The van der Waals surface area contributed by atoms with Crippen LogP contribution in [0, 0.1) is 11.8 Å². The minimum atomic E-state index is -0.206. The third kappa shape index (κ3) is 2.68. The Morgan fingerprint density at radius 3 is 1.76 bits per heavy atom. The molecule has 2 rings (SSSR count). The average Bonchev–Trinajstić information content (AvgIpc) is 2.36. The zero-order chi connectivity index (χ0) is 12.1. The molecule has 1 spiro atoms. The highest BCUT2D eigenvalue weighted by atomic mass is 16.7. The van der Waals surface area contributed by atoms with Gasteiger partial charge in [0.2, 0.25) is 0 Å². The molecule has 0 radical (unpaired) electrons. The van der Waals surface area contributed by atoms with E-state index in [0.29, 0.717) is 11.8 Å². The van der Waals surface area contributed by atoms with Gasteiger partial charge in [-0.2, -0.15) is 0 Å². The molecule has 0 unspecified atom stereocenters. The van der Waals surface area contributed by atoms with Gasteiger partial charge >= 0.3 is 0 Å². The molecule has 0 N–H and O–H groups in total. The Morgan fingerprint density at radius 2 is 1.35 bits per heavy atom. The van der Waals surface area contributed by atoms with Gasteiger partial charge in [0.1, 0.15) is 0 Å². The zero-order valence-electron chi connectivity index (χ0n) is 11.5. The maximum absolute atomic E-state index is 6.21. The van der Waals surface area contributed by atoms with Crippen LogP contribution in [0.3, 0.4) is 0 Å². The molecule has 2 aliphatic heterocycles. The lowest BCUT2D eigenvalue weighted by atomic mass is 9.75. The van der Waals surface area contributed by atoms with Gasteiger partial charge in [0, 0.05) is 11.8 Å². The van der Waals surface area contributed by atoms with E-state index in [1.807, 2.05) is 0 Å². The van der Waals surface area contributed by atoms with Crippen LogP contribution in [0.2, 0.25) is 0 Å². The van der Waals surface area contributed by atoms with E-state index in [9.17, 15) is 0 Å². The molecule has 2 atom stereocenters. The van der Waals surface area contributed by atoms with E-state index in [1.54, 1.807) is 0 Å². The third-order valence-corrected chi connectivity index (χ3v) is 4.46. The van der Waals surface area contributed by atoms with Crippen molar-refractivity contribution >= 4 is 0 Å². The molecule has 2 saturated heterocycles. The second-order valence-electron chi connectivity index (χ2n) is 5.67. The van der Waals surface area contributed by atoms with Crippen molar-refractivity contribution < 1.29 is 9.47 Å². The molecule has 0 aliphatic carbocycles. The zero-order valence-corrected chi connectivity index (χ0v) is 11.5. The highest BCUT2D eigenvalue weighted by Crippen LogP contribution is 2.46. The fraction of sp³-hybridized carbons (Fsp3) is 1.00. The second kappa shape index (κ2) is 6.19. The van der Waals surface area contributed by atoms with Gasteiger partial charge in [-0.25, -0.2) is 0 Å². The lowest BCUT2D eigenvalue weighted by Gasteiger charge is -2.50. The van der Waals surface area contributed by atoms with Crippen molar-refractivity contribution in [1.82, 2.24) is 0 Å². The third-order valence-electron chi connectivity index (χ3n) is 4.46. The van der Waals surface area contributed by atoms with Crippen LogP contribution in [0.4, 0.5) is 0 Å². The summed E-state index contributed by atoms with van der Waals surface area (Å²) in [5.41, 5.74) is 0. The minimum Gasteiger partial charge on any atom is -0.349 e. The van der Waals surface area contributed by atoms with Gasteiger partial charge < -0.3 is 9.47 Å². The summed E-state index contributed by atoms with van der Waals surface area (Å²) in [4.78, 5) is 0. The molecule has 17 heavy (non-hydrogen) atoms. The average molecular weight is 240 g/mol. The summed E-state index contributed by atoms with van der Waals surface area (Å²) >= 11 is 0. The molecule has 2 nitrogen and oxygen atoms in total. The van der Waals surface area contributed by atoms with E-state index in [-0.39, 0.29) is 5.79 Å². The molecule has 0 bridgehead atoms. The monoisotopic (exact) mass is 240 g/mol. The molecule has 0 aromatic carbocycles. The number of hydrogen-bond acceptors (Lipinski definition) is 2. The minimum absolute atomic E-state index is 0.206. The van der Waals surface area contributed by atoms with Gasteiger partial charge in [-0.1, -0.05) is 26.7 Å². The van der Waals surface area contributed by atoms with Gasteiger partial charge in [-0.15, -0.1) is 0 Å². The summed E-state index contributed by atoms with van der Waals surface area (Å²) in [5, 5.41) is 0. The van der Waals surface area contributed by atoms with Gasteiger partial charge in [0.05, 0.1) is 13.2 Å². The van der Waals surface area contributed by atoms with E-state index < -0.39 is 0 Å². The van der Waals surface area contributed by atoms with Crippen LogP contribution in [0.15, 0.2) is 0 Å². The second-order valence-corrected chi connectivity index (χ2v) is 5.67. The summed E-state index contributed by atoms with van der Waals surface area (Å²) in [7, 11) is 0. The highest BCUT2D eigenvalue weighted by Gasteiger charge is 2.49. The lowest BCUT2D eigenvalue weighted by molar-refractivity contribution is -0.328. The van der Waals surface area contributed by atoms with E-state index in [1.165, 1.54) is 51.4 Å². The summed E-state index contributed by atoms with van der Waals surface area (Å²) < 4.78 is 12.4. The van der Waals surface area contributed by atoms with Crippen LogP contribution >= 0.6 is 0 Å². The van der Waals surface area contributed by atoms with Crippen molar-refractivity contribution in [3.05, 3.63) is 0 Å². The summed E-state index contributed by atoms with van der Waals surface area (Å²) in [6.45, 7) is 6.36. The largest absolute Gasteiger partial charge is 0.349 e. The van der Waals surface area contributed by atoms with Crippen LogP contribution in [0.5, 0.6) is 0 Å². The molecule has 0 aromatic heterocycles. The molecule has 0 amide bonds. The first-order valence-electron chi connectivity index (χ1n) is 7.61. The smallest absolute Gasteiger partial charge is 0.173 e. The summed E-state index contributed by atoms with van der Waals surface area (Å²) in [6.07, 6.45) is 10.1. The molecule has 100 valence electrons. The normalized spacial score (nSPS) is 32.8. The Kier molecular flexibility index (Phi) is 4.87. The van der Waals surface area contributed by atoms with E-state index >= 15 is 0 Å². The molecule has 2 aliphatic rings. The summed E-state index contributed by atoms with van der Waals surface area (Å²) in [5.74, 6) is 1.07. The molecular weight excluding hydrogens is 212 g/mol. The van der Waals surface area contributed by atoms with Crippen LogP contribution in [-0.2, 0) is 9.47 Å². The van der Waals surface area contributed by atoms with Crippen molar-refractivity contribution in [2.24, 2.45) is 11.8 Å². The van der Waals surface area contributed by atoms with Crippen molar-refractivity contribution in [2.45, 2.75) is 71.0 Å². The van der Waals surface area contributed by atoms with Gasteiger partial charge in [0.25, 0.3) is 0 Å². The first-order valence-corrected chi connectivity index (χ1v) is 7.61. The Balaban J connectivity index is 2.13. The number of ether oxygens (including phenoxy) is 2. The molecule has 2 heteroatoms. The summed E-state index contributed by atoms with van der Waals surface area (Å²) in [6, 6.07) is 0. The molecule has 0 saturated carbocycles. The molecular formula is C15H28O2. The fourth-order valence-electron chi connectivity index (χ4n) is 3.76. The highest BCUT2D eigenvalue weighted by molar-refractivity contribution is 4.91. The Hall–Kier alpha value is -0.0800. The van der Waals surface area contributed by atoms with E-state index in [4.69, 9.17) is 9.47 Å².